The molecule has 0 aromatic carbocycles. The molecule has 0 bridgehead atoms. The molecule has 0 radical (unpaired) electrons. The third kappa shape index (κ3) is 4.74. The Labute approximate surface area is 90.9 Å². The highest BCUT2D eigenvalue weighted by molar-refractivity contribution is 7.09. The fourth-order valence-electron chi connectivity index (χ4n) is 1.24. The second-order valence-corrected chi connectivity index (χ2v) is 4.99. The Morgan fingerprint density at radius 2 is 2.29 bits per heavy atom. The number of nitrogens with zero attached hydrogens (tertiary/aromatic N) is 1. The quantitative estimate of drug-likeness (QED) is 0.777. The normalized spacial score (nSPS) is 13.4. The highest BCUT2D eigenvalue weighted by Crippen LogP contribution is 2.08. The van der Waals surface area contributed by atoms with E-state index in [0.717, 1.165) is 13.1 Å². The average molecular weight is 212 g/mol. The number of thiophene rings is 1. The summed E-state index contributed by atoms with van der Waals surface area (Å²) >= 11 is 1.82. The maximum Gasteiger partial charge on any atom is 0.0302 e. The van der Waals surface area contributed by atoms with Crippen molar-refractivity contribution in [1.82, 2.24) is 10.2 Å². The molecule has 1 aromatic rings. The van der Waals surface area contributed by atoms with Crippen LogP contribution in [0.25, 0.3) is 0 Å². The monoisotopic (exact) mass is 212 g/mol. The van der Waals surface area contributed by atoms with Gasteiger partial charge in [0.25, 0.3) is 0 Å². The first-order chi connectivity index (χ1) is 6.68. The Morgan fingerprint density at radius 1 is 1.50 bits per heavy atom. The molecule has 2 nitrogen and oxygen atoms in total. The van der Waals surface area contributed by atoms with Gasteiger partial charge < -0.3 is 10.2 Å². The molecular formula is C11H20N2S. The molecule has 0 aliphatic rings. The summed E-state index contributed by atoms with van der Waals surface area (Å²) in [5, 5.41) is 5.65. The van der Waals surface area contributed by atoms with Crippen LogP contribution in [-0.2, 0) is 6.54 Å². The molecular weight excluding hydrogens is 192 g/mol. The molecule has 1 atom stereocenters. The molecule has 1 N–H and O–H groups in total. The predicted octanol–water partition coefficient (Wildman–Crippen LogP) is 2.18. The first-order valence-electron chi connectivity index (χ1n) is 5.09. The molecule has 14 heavy (non-hydrogen) atoms. The fourth-order valence-corrected chi connectivity index (χ4v) is 1.90. The van der Waals surface area contributed by atoms with E-state index in [1.54, 1.807) is 0 Å². The summed E-state index contributed by atoms with van der Waals surface area (Å²) in [5.74, 6) is 0. The summed E-state index contributed by atoms with van der Waals surface area (Å²) in [7, 11) is 4.23. The maximum atomic E-state index is 3.52. The van der Waals surface area contributed by atoms with Crippen molar-refractivity contribution in [3.63, 3.8) is 0 Å². The smallest absolute Gasteiger partial charge is 0.0302 e. The van der Waals surface area contributed by atoms with Gasteiger partial charge in [-0.15, -0.1) is 11.3 Å². The third-order valence-electron chi connectivity index (χ3n) is 2.21. The van der Waals surface area contributed by atoms with Crippen LogP contribution < -0.4 is 5.32 Å². The van der Waals surface area contributed by atoms with Crippen molar-refractivity contribution >= 4 is 11.3 Å². The second kappa shape index (κ2) is 6.17. The van der Waals surface area contributed by atoms with Gasteiger partial charge in [-0.3, -0.25) is 0 Å². The molecule has 1 heterocycles. The summed E-state index contributed by atoms with van der Waals surface area (Å²) in [4.78, 5) is 3.64. The van der Waals surface area contributed by atoms with Crippen LogP contribution in [-0.4, -0.2) is 31.6 Å². The third-order valence-corrected chi connectivity index (χ3v) is 3.09. The Bertz CT molecular complexity index is 231. The molecule has 0 fully saturated rings. The summed E-state index contributed by atoms with van der Waals surface area (Å²) in [6.45, 7) is 4.40. The van der Waals surface area contributed by atoms with Crippen molar-refractivity contribution in [2.75, 3.05) is 20.6 Å². The van der Waals surface area contributed by atoms with Crippen LogP contribution in [0.4, 0.5) is 0 Å². The van der Waals surface area contributed by atoms with Gasteiger partial charge >= 0.3 is 0 Å². The molecule has 80 valence electrons. The molecule has 1 unspecified atom stereocenters. The minimum atomic E-state index is 0.597. The van der Waals surface area contributed by atoms with Crippen LogP contribution in [0.5, 0.6) is 0 Å². The molecule has 0 saturated heterocycles. The van der Waals surface area contributed by atoms with Crippen LogP contribution >= 0.6 is 11.3 Å². The first-order valence-corrected chi connectivity index (χ1v) is 5.97. The van der Waals surface area contributed by atoms with Crippen molar-refractivity contribution in [3.05, 3.63) is 22.4 Å². The molecule has 1 rings (SSSR count). The molecule has 0 saturated carbocycles. The molecule has 0 amide bonds. The number of nitrogens with one attached hydrogen (secondary N) is 1. The summed E-state index contributed by atoms with van der Waals surface area (Å²) in [5.41, 5.74) is 0. The zero-order valence-electron chi connectivity index (χ0n) is 9.29. The molecule has 3 heteroatoms. The maximum absolute atomic E-state index is 3.52. The predicted molar refractivity (Wildman–Crippen MR) is 63.8 cm³/mol. The van der Waals surface area contributed by atoms with Crippen LogP contribution in [0, 0.1) is 0 Å². The van der Waals surface area contributed by atoms with Gasteiger partial charge in [-0.25, -0.2) is 0 Å². The van der Waals surface area contributed by atoms with Crippen molar-refractivity contribution in [2.45, 2.75) is 25.9 Å². The molecule has 0 aliphatic carbocycles. The Balaban J connectivity index is 2.12. The highest BCUT2D eigenvalue weighted by atomic mass is 32.1. The van der Waals surface area contributed by atoms with E-state index in [1.165, 1.54) is 11.3 Å². The summed E-state index contributed by atoms with van der Waals surface area (Å²) in [6, 6.07) is 4.88. The lowest BCUT2D eigenvalue weighted by Crippen LogP contribution is -2.29. The zero-order valence-corrected chi connectivity index (χ0v) is 10.1. The minimum absolute atomic E-state index is 0.597. The lowest BCUT2D eigenvalue weighted by atomic mass is 10.2. The second-order valence-electron chi connectivity index (χ2n) is 3.95. The molecule has 1 aromatic heterocycles. The Morgan fingerprint density at radius 3 is 2.86 bits per heavy atom. The zero-order chi connectivity index (χ0) is 10.4. The van der Waals surface area contributed by atoms with Gasteiger partial charge in [-0.05, 0) is 45.4 Å². The number of hydrogen-bond acceptors (Lipinski definition) is 3. The van der Waals surface area contributed by atoms with Crippen molar-refractivity contribution < 1.29 is 0 Å². The van der Waals surface area contributed by atoms with E-state index >= 15 is 0 Å². The minimum Gasteiger partial charge on any atom is -0.309 e. The van der Waals surface area contributed by atoms with Crippen LogP contribution in [0.3, 0.4) is 0 Å². The standard InChI is InChI=1S/C11H20N2S/c1-10(6-7-13(2)3)12-9-11-5-4-8-14-11/h4-5,8,10,12H,6-7,9H2,1-3H3. The van der Waals surface area contributed by atoms with Gasteiger partial charge in [0.15, 0.2) is 0 Å². The van der Waals surface area contributed by atoms with E-state index in [-0.39, 0.29) is 0 Å². The van der Waals surface area contributed by atoms with E-state index in [2.05, 4.69) is 48.7 Å². The number of rotatable bonds is 6. The van der Waals surface area contributed by atoms with Gasteiger partial charge in [0.05, 0.1) is 0 Å². The average Bonchev–Trinajstić information content (AvgIpc) is 2.63. The van der Waals surface area contributed by atoms with E-state index in [9.17, 15) is 0 Å². The van der Waals surface area contributed by atoms with Crippen molar-refractivity contribution in [3.8, 4) is 0 Å². The van der Waals surface area contributed by atoms with Gasteiger partial charge in [-0.2, -0.15) is 0 Å². The van der Waals surface area contributed by atoms with Gasteiger partial charge in [0.1, 0.15) is 0 Å². The van der Waals surface area contributed by atoms with E-state index in [0.29, 0.717) is 6.04 Å². The summed E-state index contributed by atoms with van der Waals surface area (Å²) in [6.07, 6.45) is 1.21. The van der Waals surface area contributed by atoms with E-state index in [4.69, 9.17) is 0 Å². The van der Waals surface area contributed by atoms with Gasteiger partial charge in [0.2, 0.25) is 0 Å². The summed E-state index contributed by atoms with van der Waals surface area (Å²) < 4.78 is 0. The molecule has 0 aliphatic heterocycles. The van der Waals surface area contributed by atoms with Crippen LogP contribution in [0.15, 0.2) is 17.5 Å². The van der Waals surface area contributed by atoms with Gasteiger partial charge in [0, 0.05) is 17.5 Å². The first kappa shape index (κ1) is 11.7. The Kier molecular flexibility index (Phi) is 5.15. The van der Waals surface area contributed by atoms with E-state index in [1.807, 2.05) is 11.3 Å². The van der Waals surface area contributed by atoms with Crippen LogP contribution in [0.1, 0.15) is 18.2 Å². The van der Waals surface area contributed by atoms with E-state index < -0.39 is 0 Å². The SMILES string of the molecule is CC(CCN(C)C)NCc1cccs1. The van der Waals surface area contributed by atoms with Crippen LogP contribution in [0.2, 0.25) is 0 Å². The Hall–Kier alpha value is -0.380. The highest BCUT2D eigenvalue weighted by Gasteiger charge is 2.02. The lowest BCUT2D eigenvalue weighted by Gasteiger charge is -2.16. The van der Waals surface area contributed by atoms with Crippen molar-refractivity contribution in [1.29, 1.82) is 0 Å². The van der Waals surface area contributed by atoms with Crippen molar-refractivity contribution in [2.24, 2.45) is 0 Å². The number of hydrogen-bond donors (Lipinski definition) is 1. The topological polar surface area (TPSA) is 15.3 Å². The fraction of sp³-hybridized carbons (Fsp3) is 0.636. The molecule has 0 spiro atoms. The lowest BCUT2D eigenvalue weighted by molar-refractivity contribution is 0.366. The van der Waals surface area contributed by atoms with Gasteiger partial charge in [-0.1, -0.05) is 6.07 Å². The largest absolute Gasteiger partial charge is 0.309 e.